The topological polar surface area (TPSA) is 75.7 Å². The lowest BCUT2D eigenvalue weighted by Gasteiger charge is -2.22. The van der Waals surface area contributed by atoms with Crippen molar-refractivity contribution < 1.29 is 19.1 Å². The zero-order chi connectivity index (χ0) is 15.4. The number of carbonyl (C=O) groups is 3. The standard InChI is InChI=1S/C15H18N2O4/c1-10(18)16-12-7-5-11(6-8-12)14(19)17-9-3-4-13(17)15(20)21-2/h5-8,13H,3-4,9H2,1-2H3,(H,16,18). The van der Waals surface area contributed by atoms with Crippen molar-refractivity contribution in [3.8, 4) is 0 Å². The van der Waals surface area contributed by atoms with Crippen LogP contribution in [-0.2, 0) is 14.3 Å². The third-order valence-electron chi connectivity index (χ3n) is 3.44. The Labute approximate surface area is 123 Å². The highest BCUT2D eigenvalue weighted by Crippen LogP contribution is 2.21. The molecule has 1 saturated heterocycles. The summed E-state index contributed by atoms with van der Waals surface area (Å²) >= 11 is 0. The van der Waals surface area contributed by atoms with Gasteiger partial charge in [-0.3, -0.25) is 9.59 Å². The molecule has 0 spiro atoms. The van der Waals surface area contributed by atoms with Crippen LogP contribution in [0.25, 0.3) is 0 Å². The maximum atomic E-state index is 12.4. The number of esters is 1. The van der Waals surface area contributed by atoms with Gasteiger partial charge in [0.05, 0.1) is 7.11 Å². The summed E-state index contributed by atoms with van der Waals surface area (Å²) in [4.78, 5) is 36.6. The van der Waals surface area contributed by atoms with Gasteiger partial charge >= 0.3 is 5.97 Å². The fourth-order valence-electron chi connectivity index (χ4n) is 2.46. The van der Waals surface area contributed by atoms with E-state index in [2.05, 4.69) is 5.32 Å². The first-order chi connectivity index (χ1) is 10.0. The maximum Gasteiger partial charge on any atom is 0.328 e. The zero-order valence-electron chi connectivity index (χ0n) is 12.1. The van der Waals surface area contributed by atoms with Crippen LogP contribution < -0.4 is 5.32 Å². The van der Waals surface area contributed by atoms with Crippen molar-refractivity contribution in [1.82, 2.24) is 4.90 Å². The van der Waals surface area contributed by atoms with Crippen molar-refractivity contribution in [3.05, 3.63) is 29.8 Å². The van der Waals surface area contributed by atoms with Gasteiger partial charge in [0.2, 0.25) is 5.91 Å². The minimum absolute atomic E-state index is 0.167. The first-order valence-electron chi connectivity index (χ1n) is 6.79. The number of methoxy groups -OCH3 is 1. The Bertz CT molecular complexity index is 553. The van der Waals surface area contributed by atoms with E-state index in [1.165, 1.54) is 14.0 Å². The molecule has 6 nitrogen and oxygen atoms in total. The number of likely N-dealkylation sites (tertiary alicyclic amines) is 1. The minimum atomic E-state index is -0.502. The predicted octanol–water partition coefficient (Wildman–Crippen LogP) is 1.42. The molecule has 0 saturated carbocycles. The highest BCUT2D eigenvalue weighted by molar-refractivity contribution is 5.98. The smallest absolute Gasteiger partial charge is 0.328 e. The molecule has 1 N–H and O–H groups in total. The lowest BCUT2D eigenvalue weighted by atomic mass is 10.1. The Hall–Kier alpha value is -2.37. The van der Waals surface area contributed by atoms with E-state index in [0.717, 1.165) is 6.42 Å². The van der Waals surface area contributed by atoms with Gasteiger partial charge in [0.15, 0.2) is 0 Å². The van der Waals surface area contributed by atoms with Crippen molar-refractivity contribution in [2.24, 2.45) is 0 Å². The zero-order valence-corrected chi connectivity index (χ0v) is 12.1. The molecule has 1 heterocycles. The monoisotopic (exact) mass is 290 g/mol. The van der Waals surface area contributed by atoms with E-state index < -0.39 is 6.04 Å². The molecule has 0 aromatic heterocycles. The van der Waals surface area contributed by atoms with Gasteiger partial charge in [-0.05, 0) is 37.1 Å². The van der Waals surface area contributed by atoms with Gasteiger partial charge < -0.3 is 15.0 Å². The van der Waals surface area contributed by atoms with Crippen molar-refractivity contribution in [2.75, 3.05) is 19.0 Å². The average Bonchev–Trinajstić information content (AvgIpc) is 2.95. The van der Waals surface area contributed by atoms with Gasteiger partial charge in [-0.25, -0.2) is 4.79 Å². The number of hydrogen-bond acceptors (Lipinski definition) is 4. The molecule has 2 rings (SSSR count). The second kappa shape index (κ2) is 6.39. The fraction of sp³-hybridized carbons (Fsp3) is 0.400. The van der Waals surface area contributed by atoms with E-state index in [1.807, 2.05) is 0 Å². The number of carbonyl (C=O) groups excluding carboxylic acids is 3. The number of nitrogens with zero attached hydrogens (tertiary/aromatic N) is 1. The van der Waals surface area contributed by atoms with Crippen molar-refractivity contribution in [2.45, 2.75) is 25.8 Å². The van der Waals surface area contributed by atoms with Gasteiger partial charge in [0, 0.05) is 24.7 Å². The number of ether oxygens (including phenoxy) is 1. The average molecular weight is 290 g/mol. The van der Waals surface area contributed by atoms with Crippen molar-refractivity contribution in [3.63, 3.8) is 0 Å². The number of hydrogen-bond donors (Lipinski definition) is 1. The van der Waals surface area contributed by atoms with Gasteiger partial charge in [-0.2, -0.15) is 0 Å². The highest BCUT2D eigenvalue weighted by atomic mass is 16.5. The maximum absolute atomic E-state index is 12.4. The van der Waals surface area contributed by atoms with Crippen molar-refractivity contribution in [1.29, 1.82) is 0 Å². The first-order valence-corrected chi connectivity index (χ1v) is 6.79. The molecule has 112 valence electrons. The minimum Gasteiger partial charge on any atom is -0.467 e. The third-order valence-corrected chi connectivity index (χ3v) is 3.44. The number of amides is 2. The molecule has 1 fully saturated rings. The second-order valence-corrected chi connectivity index (χ2v) is 4.94. The van der Waals surface area contributed by atoms with Gasteiger partial charge in [0.1, 0.15) is 6.04 Å². The Morgan fingerprint density at radius 3 is 2.48 bits per heavy atom. The third kappa shape index (κ3) is 3.39. The summed E-state index contributed by atoms with van der Waals surface area (Å²) in [5, 5.41) is 2.64. The van der Waals surface area contributed by atoms with E-state index in [-0.39, 0.29) is 17.8 Å². The van der Waals surface area contributed by atoms with Crippen LogP contribution in [0.4, 0.5) is 5.69 Å². The molecule has 21 heavy (non-hydrogen) atoms. The van der Waals surface area contributed by atoms with Crippen LogP contribution in [0, 0.1) is 0 Å². The molecule has 1 unspecified atom stereocenters. The van der Waals surface area contributed by atoms with Crippen LogP contribution in [-0.4, -0.2) is 42.4 Å². The Morgan fingerprint density at radius 2 is 1.90 bits per heavy atom. The van der Waals surface area contributed by atoms with E-state index in [9.17, 15) is 14.4 Å². The first kappa shape index (κ1) is 15.0. The number of nitrogens with one attached hydrogen (secondary N) is 1. The van der Waals surface area contributed by atoms with Crippen LogP contribution >= 0.6 is 0 Å². The SMILES string of the molecule is COC(=O)C1CCCN1C(=O)c1ccc(NC(C)=O)cc1. The summed E-state index contributed by atoms with van der Waals surface area (Å²) in [6.07, 6.45) is 1.41. The molecule has 1 atom stereocenters. The van der Waals surface area contributed by atoms with Gasteiger partial charge in [-0.15, -0.1) is 0 Å². The summed E-state index contributed by atoms with van der Waals surface area (Å²) in [5.41, 5.74) is 1.12. The number of rotatable bonds is 3. The highest BCUT2D eigenvalue weighted by Gasteiger charge is 2.35. The van der Waals surface area contributed by atoms with Crippen molar-refractivity contribution >= 4 is 23.5 Å². The molecule has 0 bridgehead atoms. The Balaban J connectivity index is 2.12. The largest absolute Gasteiger partial charge is 0.467 e. The van der Waals surface area contributed by atoms with Crippen LogP contribution in [0.15, 0.2) is 24.3 Å². The molecule has 1 aromatic rings. The normalized spacial score (nSPS) is 17.4. The van der Waals surface area contributed by atoms with E-state index in [0.29, 0.717) is 24.2 Å². The summed E-state index contributed by atoms with van der Waals surface area (Å²) < 4.78 is 4.73. The molecule has 1 aromatic carbocycles. The van der Waals surface area contributed by atoms with E-state index in [4.69, 9.17) is 4.74 Å². The molecule has 2 amide bonds. The second-order valence-electron chi connectivity index (χ2n) is 4.94. The molecular weight excluding hydrogens is 272 g/mol. The lowest BCUT2D eigenvalue weighted by molar-refractivity contribution is -0.145. The Kier molecular flexibility index (Phi) is 4.57. The van der Waals surface area contributed by atoms with Crippen LogP contribution in [0.3, 0.4) is 0 Å². The van der Waals surface area contributed by atoms with Crippen LogP contribution in [0.5, 0.6) is 0 Å². The molecule has 0 aliphatic carbocycles. The van der Waals surface area contributed by atoms with Crippen LogP contribution in [0.1, 0.15) is 30.1 Å². The van der Waals surface area contributed by atoms with Gasteiger partial charge in [-0.1, -0.05) is 0 Å². The molecule has 1 aliphatic heterocycles. The van der Waals surface area contributed by atoms with Gasteiger partial charge in [0.25, 0.3) is 5.91 Å². The van der Waals surface area contributed by atoms with E-state index in [1.54, 1.807) is 29.2 Å². The Morgan fingerprint density at radius 1 is 1.24 bits per heavy atom. The van der Waals surface area contributed by atoms with E-state index >= 15 is 0 Å². The summed E-state index contributed by atoms with van der Waals surface area (Å²) in [5.74, 6) is -0.743. The molecular formula is C15H18N2O4. The summed E-state index contributed by atoms with van der Waals surface area (Å²) in [6, 6.07) is 6.11. The number of anilines is 1. The predicted molar refractivity (Wildman–Crippen MR) is 76.8 cm³/mol. The lowest BCUT2D eigenvalue weighted by Crippen LogP contribution is -2.41. The molecule has 1 aliphatic rings. The molecule has 6 heteroatoms. The summed E-state index contributed by atoms with van der Waals surface area (Å²) in [6.45, 7) is 1.97. The quantitative estimate of drug-likeness (QED) is 0.854. The number of benzene rings is 1. The molecule has 0 radical (unpaired) electrons. The summed E-state index contributed by atoms with van der Waals surface area (Å²) in [7, 11) is 1.32. The fourth-order valence-corrected chi connectivity index (χ4v) is 2.46. The van der Waals surface area contributed by atoms with Crippen LogP contribution in [0.2, 0.25) is 0 Å².